The van der Waals surface area contributed by atoms with E-state index in [0.717, 1.165) is 0 Å². The molecule has 1 aliphatic rings. The van der Waals surface area contributed by atoms with Crippen LogP contribution in [-0.2, 0) is 0 Å². The van der Waals surface area contributed by atoms with Crippen LogP contribution in [0, 0.1) is 5.82 Å². The minimum atomic E-state index is -3.92. The molecular weight excluding hydrogens is 376 g/mol. The molecule has 1 aromatic carbocycles. The molecule has 3 rings (SSSR count). The van der Waals surface area contributed by atoms with Crippen LogP contribution in [-0.4, -0.2) is 16.3 Å². The third-order valence-electron chi connectivity index (χ3n) is 2.31. The number of aromatic nitrogens is 2. The number of rotatable bonds is 0. The van der Waals surface area contributed by atoms with E-state index in [4.69, 9.17) is 23.2 Å². The van der Waals surface area contributed by atoms with Crippen molar-refractivity contribution in [2.75, 3.05) is 0 Å². The highest BCUT2D eigenvalue weighted by molar-refractivity contribution is 9.10. The second-order valence-electron chi connectivity index (χ2n) is 3.46. The molecule has 0 fully saturated rings. The Hall–Kier alpha value is -0.990. The zero-order valence-corrected chi connectivity index (χ0v) is 11.6. The number of hydrogen-bond acceptors (Lipinski definition) is 4. The zero-order valence-electron chi connectivity index (χ0n) is 8.48. The van der Waals surface area contributed by atoms with Gasteiger partial charge in [0.2, 0.25) is 5.28 Å². The average Bonchev–Trinajstić information content (AvgIpc) is 2.61. The van der Waals surface area contributed by atoms with Gasteiger partial charge < -0.3 is 9.47 Å². The zero-order chi connectivity index (χ0) is 13.9. The monoisotopic (exact) mass is 374 g/mol. The smallest absolute Gasteiger partial charge is 0.394 e. The summed E-state index contributed by atoms with van der Waals surface area (Å²) >= 11 is 14.1. The van der Waals surface area contributed by atoms with Crippen LogP contribution >= 0.6 is 39.1 Å². The topological polar surface area (TPSA) is 44.2 Å². The predicted octanol–water partition coefficient (Wildman–Crippen LogP) is 4.16. The summed E-state index contributed by atoms with van der Waals surface area (Å²) in [5.41, 5.74) is -0.350. The maximum Gasteiger partial charge on any atom is 0.586 e. The summed E-state index contributed by atoms with van der Waals surface area (Å²) in [6.45, 7) is 0. The second-order valence-corrected chi connectivity index (χ2v) is 4.95. The van der Waals surface area contributed by atoms with Gasteiger partial charge in [-0.15, -0.1) is 8.78 Å². The molecule has 10 heteroatoms. The van der Waals surface area contributed by atoms with Crippen molar-refractivity contribution in [1.82, 2.24) is 9.97 Å². The van der Waals surface area contributed by atoms with Crippen molar-refractivity contribution in [3.63, 3.8) is 0 Å². The molecule has 1 aliphatic heterocycles. The first kappa shape index (κ1) is 13.0. The van der Waals surface area contributed by atoms with Crippen LogP contribution in [0.1, 0.15) is 0 Å². The van der Waals surface area contributed by atoms with E-state index >= 15 is 0 Å². The molecule has 0 amide bonds. The first-order valence-electron chi connectivity index (χ1n) is 4.59. The van der Waals surface area contributed by atoms with E-state index in [-0.39, 0.29) is 25.8 Å². The second kappa shape index (κ2) is 4.00. The Kier molecular flexibility index (Phi) is 2.74. The van der Waals surface area contributed by atoms with Gasteiger partial charge in [-0.1, -0.05) is 11.6 Å². The molecule has 1 aromatic heterocycles. The van der Waals surface area contributed by atoms with Crippen LogP contribution in [0.5, 0.6) is 11.5 Å². The quantitative estimate of drug-likeness (QED) is 0.512. The lowest BCUT2D eigenvalue weighted by Gasteiger charge is -2.06. The largest absolute Gasteiger partial charge is 0.586 e. The van der Waals surface area contributed by atoms with Gasteiger partial charge in [-0.25, -0.2) is 14.4 Å². The summed E-state index contributed by atoms with van der Waals surface area (Å²) in [4.78, 5) is 7.16. The van der Waals surface area contributed by atoms with Crippen molar-refractivity contribution in [3.8, 4) is 11.5 Å². The standard InChI is InChI=1S/C9BrCl2F3N2O2/c10-2-3(13)4-1(7(11)17-8(12)16-4)5-6(2)19-9(14,15)18-5. The molecule has 0 saturated carbocycles. The minimum Gasteiger partial charge on any atom is -0.394 e. The van der Waals surface area contributed by atoms with Gasteiger partial charge in [0.25, 0.3) is 0 Å². The molecule has 0 aliphatic carbocycles. The third-order valence-corrected chi connectivity index (χ3v) is 3.46. The van der Waals surface area contributed by atoms with Crippen LogP contribution in [0.4, 0.5) is 13.2 Å². The highest BCUT2D eigenvalue weighted by atomic mass is 79.9. The van der Waals surface area contributed by atoms with Crippen LogP contribution < -0.4 is 9.47 Å². The van der Waals surface area contributed by atoms with Gasteiger partial charge in [-0.05, 0) is 27.5 Å². The number of fused-ring (bicyclic) bond motifs is 3. The SMILES string of the molecule is Fc1c(Br)c2c(c3c(Cl)nc(Cl)nc13)OC(F)(F)O2. The van der Waals surface area contributed by atoms with Crippen LogP contribution in [0.2, 0.25) is 10.4 Å². The number of nitrogens with zero attached hydrogens (tertiary/aromatic N) is 2. The maximum atomic E-state index is 14.0. The van der Waals surface area contributed by atoms with E-state index in [1.54, 1.807) is 0 Å². The van der Waals surface area contributed by atoms with Crippen molar-refractivity contribution >= 4 is 50.0 Å². The van der Waals surface area contributed by atoms with Gasteiger partial charge >= 0.3 is 6.29 Å². The van der Waals surface area contributed by atoms with Crippen molar-refractivity contribution in [2.45, 2.75) is 6.29 Å². The molecule has 0 spiro atoms. The molecule has 0 unspecified atom stereocenters. The lowest BCUT2D eigenvalue weighted by atomic mass is 10.2. The van der Waals surface area contributed by atoms with Crippen molar-refractivity contribution < 1.29 is 22.6 Å². The summed E-state index contributed by atoms with van der Waals surface area (Å²) in [5.74, 6) is -1.92. The molecule has 4 nitrogen and oxygen atoms in total. The summed E-state index contributed by atoms with van der Waals surface area (Å²) in [7, 11) is 0. The van der Waals surface area contributed by atoms with Gasteiger partial charge in [-0.3, -0.25) is 0 Å². The normalized spacial score (nSPS) is 16.1. The number of ether oxygens (including phenoxy) is 2. The Balaban J connectivity index is 2.47. The first-order chi connectivity index (χ1) is 8.80. The van der Waals surface area contributed by atoms with Crippen LogP contribution in [0.15, 0.2) is 4.47 Å². The summed E-state index contributed by atoms with van der Waals surface area (Å²) in [6.07, 6.45) is -3.92. The van der Waals surface area contributed by atoms with Gasteiger partial charge in [0.1, 0.15) is 15.1 Å². The summed E-state index contributed by atoms with van der Waals surface area (Å²) in [6, 6.07) is 0. The van der Waals surface area contributed by atoms with Crippen molar-refractivity contribution in [2.24, 2.45) is 0 Å². The minimum absolute atomic E-state index is 0.237. The Morgan fingerprint density at radius 1 is 1.11 bits per heavy atom. The van der Waals surface area contributed by atoms with Gasteiger partial charge in [0.05, 0.1) is 5.39 Å². The highest BCUT2D eigenvalue weighted by Crippen LogP contribution is 2.52. The van der Waals surface area contributed by atoms with E-state index in [1.165, 1.54) is 0 Å². The van der Waals surface area contributed by atoms with E-state index in [0.29, 0.717) is 0 Å². The molecular formula is C9BrCl2F3N2O2. The summed E-state index contributed by atoms with van der Waals surface area (Å²) in [5, 5.41) is -0.883. The third kappa shape index (κ3) is 1.89. The van der Waals surface area contributed by atoms with Crippen LogP contribution in [0.25, 0.3) is 10.9 Å². The lowest BCUT2D eigenvalue weighted by Crippen LogP contribution is -2.26. The fourth-order valence-electron chi connectivity index (χ4n) is 1.63. The average molecular weight is 376 g/mol. The fraction of sp³-hybridized carbons (Fsp3) is 0.111. The number of hydrogen-bond donors (Lipinski definition) is 0. The van der Waals surface area contributed by atoms with E-state index < -0.39 is 23.6 Å². The predicted molar refractivity (Wildman–Crippen MR) is 63.4 cm³/mol. The van der Waals surface area contributed by atoms with E-state index in [2.05, 4.69) is 35.4 Å². The van der Waals surface area contributed by atoms with E-state index in [1.807, 2.05) is 0 Å². The number of halogens is 6. The Morgan fingerprint density at radius 3 is 2.42 bits per heavy atom. The highest BCUT2D eigenvalue weighted by Gasteiger charge is 2.47. The number of alkyl halides is 2. The molecule has 100 valence electrons. The fourth-order valence-corrected chi connectivity index (χ4v) is 2.55. The van der Waals surface area contributed by atoms with Crippen molar-refractivity contribution in [3.05, 3.63) is 20.7 Å². The maximum absolute atomic E-state index is 14.0. The molecule has 0 saturated heterocycles. The van der Waals surface area contributed by atoms with Gasteiger partial charge in [-0.2, -0.15) is 0 Å². The molecule has 0 N–H and O–H groups in total. The molecule has 19 heavy (non-hydrogen) atoms. The van der Waals surface area contributed by atoms with Gasteiger partial charge in [0, 0.05) is 0 Å². The molecule has 0 radical (unpaired) electrons. The Morgan fingerprint density at radius 2 is 1.74 bits per heavy atom. The molecule has 2 heterocycles. The van der Waals surface area contributed by atoms with E-state index in [9.17, 15) is 13.2 Å². The van der Waals surface area contributed by atoms with Crippen LogP contribution in [0.3, 0.4) is 0 Å². The molecule has 0 atom stereocenters. The lowest BCUT2D eigenvalue weighted by molar-refractivity contribution is -0.286. The molecule has 0 bridgehead atoms. The number of benzene rings is 1. The summed E-state index contributed by atoms with van der Waals surface area (Å²) < 4.78 is 48.4. The van der Waals surface area contributed by atoms with Crippen molar-refractivity contribution in [1.29, 1.82) is 0 Å². The Labute approximate surface area is 121 Å². The first-order valence-corrected chi connectivity index (χ1v) is 6.14. The van der Waals surface area contributed by atoms with Gasteiger partial charge in [0.15, 0.2) is 17.3 Å². The molecule has 2 aromatic rings. The Bertz CT molecular complexity index is 729.